The Labute approximate surface area is 558 Å². The van der Waals surface area contributed by atoms with Gasteiger partial charge < -0.3 is 20.4 Å². The average molecular weight is 1220 g/mol. The zero-order valence-corrected chi connectivity index (χ0v) is 50.2. The van der Waals surface area contributed by atoms with Crippen LogP contribution in [0.2, 0.25) is 10.0 Å². The fraction of sp³-hybridized carbons (Fsp3) is 0.314. The SMILES string of the molecule is CC(C)(O)c1ccccc1CC[C@@H](SCC1(CC(=O)O)CC1)c1cccc(/C=C/c2ccc3ccc(Cl)cc3n2)c1.CC(C)(O)c1ccccc1CC[C@@H](SCC1(CC(=O)O)CC1)c1cccc(/C=C/c2ccc3ccc(Cl)cc3n2)c1.[NaH].[NaH]. The van der Waals surface area contributed by atoms with Crippen molar-refractivity contribution in [1.82, 2.24) is 9.97 Å². The van der Waals surface area contributed by atoms with Crippen LogP contribution in [-0.2, 0) is 33.6 Å². The van der Waals surface area contributed by atoms with Gasteiger partial charge in [0.1, 0.15) is 0 Å². The summed E-state index contributed by atoms with van der Waals surface area (Å²) in [5.74, 6) is 0.243. The van der Waals surface area contributed by atoms with Gasteiger partial charge in [-0.05, 0) is 183 Å². The first-order chi connectivity index (χ1) is 39.2. The molecule has 10 rings (SSSR count). The summed E-state index contributed by atoms with van der Waals surface area (Å²) in [6.45, 7) is 7.32. The third kappa shape index (κ3) is 19.4. The van der Waals surface area contributed by atoms with Gasteiger partial charge in [0.25, 0.3) is 0 Å². The molecule has 8 nitrogen and oxygen atoms in total. The molecule has 2 aliphatic rings. The summed E-state index contributed by atoms with van der Waals surface area (Å²) in [5, 5.41) is 44.2. The van der Waals surface area contributed by atoms with Crippen LogP contribution >= 0.6 is 46.7 Å². The van der Waals surface area contributed by atoms with E-state index in [0.29, 0.717) is 10.0 Å². The molecule has 0 aliphatic heterocycles. The summed E-state index contributed by atoms with van der Waals surface area (Å²) >= 11 is 16.1. The first kappa shape index (κ1) is 67.3. The number of pyridine rings is 2. The van der Waals surface area contributed by atoms with E-state index in [1.807, 2.05) is 148 Å². The van der Waals surface area contributed by atoms with E-state index >= 15 is 0 Å². The number of fused-ring (bicyclic) bond motifs is 2. The molecule has 0 unspecified atom stereocenters. The van der Waals surface area contributed by atoms with Crippen molar-refractivity contribution in [2.75, 3.05) is 11.5 Å². The van der Waals surface area contributed by atoms with Gasteiger partial charge in [-0.25, -0.2) is 9.97 Å². The molecule has 14 heteroatoms. The average Bonchev–Trinajstić information content (AvgIpc) is 3.85. The van der Waals surface area contributed by atoms with E-state index in [4.69, 9.17) is 33.2 Å². The van der Waals surface area contributed by atoms with Crippen molar-refractivity contribution in [3.63, 3.8) is 0 Å². The standard InChI is InChI=1S/2C35H36ClNO3S.2Na.2H/c2*1-34(2,40)30-9-4-3-7-25(30)13-17-32(41-23-35(18-19-35)22-33(38)39)27-8-5-6-24(20-27)10-15-29-16-12-26-11-14-28(36)21-31(26)37-29;;;;/h2*3-12,14-16,20-21,32,40H,13,17-19,22-23H2,1-2H3,(H,38,39);;;;/b2*15-10+;;;;/t2*32-;;;;/m11..../s1. The van der Waals surface area contributed by atoms with Crippen molar-refractivity contribution in [1.29, 1.82) is 0 Å². The monoisotopic (exact) mass is 1220 g/mol. The molecule has 84 heavy (non-hydrogen) atoms. The molecule has 0 bridgehead atoms. The van der Waals surface area contributed by atoms with Crippen LogP contribution in [0.5, 0.6) is 0 Å². The third-order valence-electron chi connectivity index (χ3n) is 15.7. The molecule has 2 heterocycles. The first-order valence-corrected chi connectivity index (χ1v) is 31.0. The van der Waals surface area contributed by atoms with E-state index in [0.717, 1.165) is 129 Å². The zero-order valence-electron chi connectivity index (χ0n) is 47.0. The molecule has 2 aliphatic carbocycles. The zero-order chi connectivity index (χ0) is 58.1. The molecule has 0 saturated heterocycles. The number of benzene rings is 6. The molecule has 0 spiro atoms. The van der Waals surface area contributed by atoms with E-state index in [-0.39, 0.29) is 93.3 Å². The van der Waals surface area contributed by atoms with Crippen LogP contribution in [0.4, 0.5) is 0 Å². The van der Waals surface area contributed by atoms with Crippen molar-refractivity contribution in [2.24, 2.45) is 10.8 Å². The summed E-state index contributed by atoms with van der Waals surface area (Å²) in [5.41, 5.74) is 10.3. The van der Waals surface area contributed by atoms with Crippen molar-refractivity contribution in [3.05, 3.63) is 224 Å². The Balaban J connectivity index is 0.000000235. The maximum atomic E-state index is 11.5. The molecule has 2 saturated carbocycles. The molecule has 2 aromatic heterocycles. The van der Waals surface area contributed by atoms with E-state index in [1.165, 1.54) is 11.1 Å². The number of nitrogens with zero attached hydrogens (tertiary/aromatic N) is 2. The molecular formula is C70H74Cl2N2Na2O6S2. The van der Waals surface area contributed by atoms with Crippen molar-refractivity contribution < 1.29 is 30.0 Å². The molecule has 0 amide bonds. The summed E-state index contributed by atoms with van der Waals surface area (Å²) in [7, 11) is 0. The van der Waals surface area contributed by atoms with Gasteiger partial charge in [0, 0.05) is 42.8 Å². The minimum absolute atomic E-state index is 0. The van der Waals surface area contributed by atoms with Crippen LogP contribution in [-0.4, -0.2) is 113 Å². The number of halogens is 2. The molecule has 2 fully saturated rings. The van der Waals surface area contributed by atoms with Gasteiger partial charge in [0.2, 0.25) is 0 Å². The van der Waals surface area contributed by atoms with E-state index in [1.54, 1.807) is 0 Å². The molecule has 4 N–H and O–H groups in total. The fourth-order valence-electron chi connectivity index (χ4n) is 10.7. The summed E-state index contributed by atoms with van der Waals surface area (Å²) in [6.07, 6.45) is 16.0. The van der Waals surface area contributed by atoms with Crippen molar-refractivity contribution in [2.45, 2.75) is 114 Å². The van der Waals surface area contributed by atoms with Gasteiger partial charge in [-0.3, -0.25) is 9.59 Å². The Bertz CT molecular complexity index is 3390. The molecule has 8 aromatic rings. The van der Waals surface area contributed by atoms with E-state index in [2.05, 4.69) is 84.9 Å². The molecule has 6 aromatic carbocycles. The number of hydrogen-bond donors (Lipinski definition) is 4. The second-order valence-electron chi connectivity index (χ2n) is 23.4. The Morgan fingerprint density at radius 1 is 0.524 bits per heavy atom. The second kappa shape index (κ2) is 30.1. The first-order valence-electron chi connectivity index (χ1n) is 28.2. The number of carbonyl (C=O) groups is 2. The number of thioether (sulfide) groups is 2. The number of aryl methyl sites for hydroxylation is 2. The normalized spacial score (nSPS) is 15.0. The number of hydrogen-bond acceptors (Lipinski definition) is 8. The second-order valence-corrected chi connectivity index (χ2v) is 26.7. The van der Waals surface area contributed by atoms with Gasteiger partial charge in [0.05, 0.1) is 46.5 Å². The van der Waals surface area contributed by atoms with Gasteiger partial charge in [0.15, 0.2) is 0 Å². The molecule has 428 valence electrons. The van der Waals surface area contributed by atoms with Crippen LogP contribution in [0.1, 0.15) is 145 Å². The Hall–Kier alpha value is -4.24. The van der Waals surface area contributed by atoms with Gasteiger partial charge in [-0.1, -0.05) is 157 Å². The van der Waals surface area contributed by atoms with Crippen molar-refractivity contribution in [3.8, 4) is 0 Å². The van der Waals surface area contributed by atoms with Crippen LogP contribution in [0.3, 0.4) is 0 Å². The predicted octanol–water partition coefficient (Wildman–Crippen LogP) is 16.6. The number of rotatable bonds is 24. The number of aliphatic carboxylic acids is 2. The number of aliphatic hydroxyl groups is 2. The molecule has 0 radical (unpaired) electrons. The van der Waals surface area contributed by atoms with E-state index in [9.17, 15) is 30.0 Å². The topological polar surface area (TPSA) is 141 Å². The van der Waals surface area contributed by atoms with Crippen LogP contribution < -0.4 is 0 Å². The Morgan fingerprint density at radius 2 is 0.905 bits per heavy atom. The van der Waals surface area contributed by atoms with Gasteiger partial charge >= 0.3 is 71.1 Å². The number of aromatic nitrogens is 2. The summed E-state index contributed by atoms with van der Waals surface area (Å²) in [6, 6.07) is 52.9. The Morgan fingerprint density at radius 3 is 1.27 bits per heavy atom. The minimum atomic E-state index is -0.911. The third-order valence-corrected chi connectivity index (χ3v) is 19.5. The predicted molar refractivity (Wildman–Crippen MR) is 357 cm³/mol. The fourth-order valence-corrected chi connectivity index (χ4v) is 14.2. The van der Waals surface area contributed by atoms with Crippen molar-refractivity contribution >= 4 is 164 Å². The molecule has 2 atom stereocenters. The summed E-state index contributed by atoms with van der Waals surface area (Å²) in [4.78, 5) is 32.5. The summed E-state index contributed by atoms with van der Waals surface area (Å²) < 4.78 is 0. The van der Waals surface area contributed by atoms with Crippen LogP contribution in [0, 0.1) is 10.8 Å². The molecular weight excluding hydrogens is 1150 g/mol. The number of carboxylic acid groups (broad SMARTS) is 2. The Kier molecular flexibility index (Phi) is 24.1. The quantitative estimate of drug-likeness (QED) is 0.0432. The van der Waals surface area contributed by atoms with Crippen LogP contribution in [0.25, 0.3) is 46.1 Å². The van der Waals surface area contributed by atoms with Gasteiger partial charge in [-0.2, -0.15) is 23.5 Å². The van der Waals surface area contributed by atoms with E-state index < -0.39 is 23.1 Å². The number of carboxylic acids is 2. The maximum absolute atomic E-state index is 11.5. The van der Waals surface area contributed by atoms with Gasteiger partial charge in [-0.15, -0.1) is 0 Å². The van der Waals surface area contributed by atoms with Crippen LogP contribution in [0.15, 0.2) is 158 Å².